The van der Waals surface area contributed by atoms with Gasteiger partial charge in [-0.05, 0) is 43.3 Å². The molecular weight excluding hydrogens is 288 g/mol. The van der Waals surface area contributed by atoms with Crippen LogP contribution in [0.2, 0.25) is 0 Å². The maximum Gasteiger partial charge on any atom is 0.130 e. The Balaban J connectivity index is 1.96. The zero-order valence-corrected chi connectivity index (χ0v) is 14.0. The summed E-state index contributed by atoms with van der Waals surface area (Å²) in [7, 11) is 1.68. The molecule has 0 saturated heterocycles. The van der Waals surface area contributed by atoms with E-state index in [-0.39, 0.29) is 0 Å². The Morgan fingerprint density at radius 2 is 2.04 bits per heavy atom. The number of pyridine rings is 1. The Labute approximate surface area is 138 Å². The maximum atomic E-state index is 5.94. The van der Waals surface area contributed by atoms with Crippen LogP contribution in [-0.2, 0) is 13.2 Å². The van der Waals surface area contributed by atoms with Gasteiger partial charge < -0.3 is 14.8 Å². The first-order chi connectivity index (χ1) is 11.3. The average Bonchev–Trinajstić information content (AvgIpc) is 2.61. The zero-order chi connectivity index (χ0) is 16.3. The molecule has 124 valence electrons. The summed E-state index contributed by atoms with van der Waals surface area (Å²) in [5.74, 6) is 1.72. The molecule has 0 aliphatic heterocycles. The molecule has 4 nitrogen and oxygen atoms in total. The number of hydrogen-bond acceptors (Lipinski definition) is 4. The molecule has 1 N–H and O–H groups in total. The van der Waals surface area contributed by atoms with Gasteiger partial charge in [-0.1, -0.05) is 25.8 Å². The van der Waals surface area contributed by atoms with Crippen molar-refractivity contribution in [3.63, 3.8) is 0 Å². The van der Waals surface area contributed by atoms with E-state index in [2.05, 4.69) is 17.2 Å². The van der Waals surface area contributed by atoms with Gasteiger partial charge in [-0.25, -0.2) is 0 Å². The predicted molar refractivity (Wildman–Crippen MR) is 92.8 cm³/mol. The molecule has 0 radical (unpaired) electrons. The number of methoxy groups -OCH3 is 1. The minimum absolute atomic E-state index is 0.468. The van der Waals surface area contributed by atoms with Crippen LogP contribution < -0.4 is 14.8 Å². The van der Waals surface area contributed by atoms with Crippen LogP contribution in [0, 0.1) is 0 Å². The highest BCUT2D eigenvalue weighted by atomic mass is 16.5. The Morgan fingerprint density at radius 3 is 2.78 bits per heavy atom. The van der Waals surface area contributed by atoms with Gasteiger partial charge in [0, 0.05) is 18.3 Å². The monoisotopic (exact) mass is 314 g/mol. The van der Waals surface area contributed by atoms with E-state index in [9.17, 15) is 0 Å². The molecule has 0 aliphatic carbocycles. The lowest BCUT2D eigenvalue weighted by molar-refractivity contribution is 0.296. The summed E-state index contributed by atoms with van der Waals surface area (Å²) in [6.45, 7) is 4.48. The van der Waals surface area contributed by atoms with Crippen molar-refractivity contribution in [1.29, 1.82) is 0 Å². The van der Waals surface area contributed by atoms with Crippen LogP contribution in [0.3, 0.4) is 0 Å². The van der Waals surface area contributed by atoms with E-state index in [4.69, 9.17) is 9.47 Å². The average molecular weight is 314 g/mol. The minimum atomic E-state index is 0.468. The fourth-order valence-electron chi connectivity index (χ4n) is 2.32. The summed E-state index contributed by atoms with van der Waals surface area (Å²) in [5.41, 5.74) is 2.03. The third-order valence-electron chi connectivity index (χ3n) is 3.64. The Kier molecular flexibility index (Phi) is 7.40. The van der Waals surface area contributed by atoms with Gasteiger partial charge in [0.05, 0.1) is 12.8 Å². The van der Waals surface area contributed by atoms with Gasteiger partial charge in [-0.15, -0.1) is 0 Å². The first-order valence-electron chi connectivity index (χ1n) is 8.24. The van der Waals surface area contributed by atoms with E-state index in [1.807, 2.05) is 36.4 Å². The summed E-state index contributed by atoms with van der Waals surface area (Å²) in [5, 5.41) is 3.48. The topological polar surface area (TPSA) is 43.4 Å². The number of nitrogens with zero attached hydrogens (tertiary/aromatic N) is 1. The van der Waals surface area contributed by atoms with Gasteiger partial charge in [0.2, 0.25) is 0 Å². The van der Waals surface area contributed by atoms with Crippen molar-refractivity contribution >= 4 is 0 Å². The van der Waals surface area contributed by atoms with Gasteiger partial charge in [0.15, 0.2) is 0 Å². The van der Waals surface area contributed by atoms with Crippen molar-refractivity contribution in [3.8, 4) is 11.5 Å². The van der Waals surface area contributed by atoms with Crippen LogP contribution in [-0.4, -0.2) is 18.6 Å². The number of nitrogens with one attached hydrogen (secondary N) is 1. The molecule has 0 unspecified atom stereocenters. The van der Waals surface area contributed by atoms with Gasteiger partial charge >= 0.3 is 0 Å². The summed E-state index contributed by atoms with van der Waals surface area (Å²) in [6, 6.07) is 11.8. The highest BCUT2D eigenvalue weighted by Gasteiger charge is 2.06. The Bertz CT molecular complexity index is 573. The fraction of sp³-hybridized carbons (Fsp3) is 0.421. The maximum absolute atomic E-state index is 5.94. The lowest BCUT2D eigenvalue weighted by atomic mass is 10.1. The molecular formula is C19H26N2O2. The number of benzene rings is 1. The second-order valence-corrected chi connectivity index (χ2v) is 5.47. The van der Waals surface area contributed by atoms with E-state index in [0.717, 1.165) is 35.8 Å². The van der Waals surface area contributed by atoms with E-state index in [1.54, 1.807) is 13.3 Å². The lowest BCUT2D eigenvalue weighted by Crippen LogP contribution is -2.15. The van der Waals surface area contributed by atoms with Crippen LogP contribution in [0.5, 0.6) is 11.5 Å². The second-order valence-electron chi connectivity index (χ2n) is 5.47. The van der Waals surface area contributed by atoms with Crippen LogP contribution in [0.15, 0.2) is 42.6 Å². The molecule has 0 aliphatic rings. The van der Waals surface area contributed by atoms with Gasteiger partial charge in [0.1, 0.15) is 18.1 Å². The van der Waals surface area contributed by atoms with Crippen molar-refractivity contribution < 1.29 is 9.47 Å². The van der Waals surface area contributed by atoms with Crippen molar-refractivity contribution in [3.05, 3.63) is 53.9 Å². The van der Waals surface area contributed by atoms with E-state index >= 15 is 0 Å². The molecule has 0 saturated carbocycles. The lowest BCUT2D eigenvalue weighted by Gasteiger charge is -2.13. The second kappa shape index (κ2) is 9.85. The van der Waals surface area contributed by atoms with Crippen molar-refractivity contribution in [2.24, 2.45) is 0 Å². The molecule has 0 amide bonds. The highest BCUT2D eigenvalue weighted by Crippen LogP contribution is 2.25. The van der Waals surface area contributed by atoms with Gasteiger partial charge in [0.25, 0.3) is 0 Å². The van der Waals surface area contributed by atoms with E-state index in [1.165, 1.54) is 19.3 Å². The quantitative estimate of drug-likeness (QED) is 0.674. The van der Waals surface area contributed by atoms with Gasteiger partial charge in [-0.2, -0.15) is 0 Å². The van der Waals surface area contributed by atoms with Crippen LogP contribution in [0.25, 0.3) is 0 Å². The first-order valence-corrected chi connectivity index (χ1v) is 8.24. The van der Waals surface area contributed by atoms with Gasteiger partial charge in [-0.3, -0.25) is 4.98 Å². The smallest absolute Gasteiger partial charge is 0.130 e. The molecule has 0 fully saturated rings. The normalized spacial score (nSPS) is 10.5. The Morgan fingerprint density at radius 1 is 1.13 bits per heavy atom. The summed E-state index contributed by atoms with van der Waals surface area (Å²) in [4.78, 5) is 4.29. The highest BCUT2D eigenvalue weighted by molar-refractivity contribution is 5.40. The first kappa shape index (κ1) is 17.3. The molecule has 0 atom stereocenters. The number of aromatic nitrogens is 1. The standard InChI is InChI=1S/C19H26N2O2/c1-3-4-6-11-20-14-16-13-18(22-2)9-10-19(16)23-15-17-8-5-7-12-21-17/h5,7-10,12-13,20H,3-4,6,11,14-15H2,1-2H3. The third-order valence-corrected chi connectivity index (χ3v) is 3.64. The fourth-order valence-corrected chi connectivity index (χ4v) is 2.32. The molecule has 0 bridgehead atoms. The third kappa shape index (κ3) is 5.91. The number of ether oxygens (including phenoxy) is 2. The van der Waals surface area contributed by atoms with Crippen molar-refractivity contribution in [2.75, 3.05) is 13.7 Å². The summed E-state index contributed by atoms with van der Waals surface area (Å²) >= 11 is 0. The molecule has 23 heavy (non-hydrogen) atoms. The van der Waals surface area contributed by atoms with Crippen molar-refractivity contribution in [2.45, 2.75) is 39.3 Å². The number of hydrogen-bond donors (Lipinski definition) is 1. The van der Waals surface area contributed by atoms with E-state index in [0.29, 0.717) is 6.61 Å². The molecule has 0 spiro atoms. The SMILES string of the molecule is CCCCCNCc1cc(OC)ccc1OCc1ccccn1. The van der Waals surface area contributed by atoms with Crippen LogP contribution in [0.4, 0.5) is 0 Å². The zero-order valence-electron chi connectivity index (χ0n) is 14.0. The van der Waals surface area contributed by atoms with Crippen LogP contribution >= 0.6 is 0 Å². The largest absolute Gasteiger partial charge is 0.497 e. The molecule has 1 heterocycles. The molecule has 1 aromatic heterocycles. The summed E-state index contributed by atoms with van der Waals surface area (Å²) in [6.07, 6.45) is 5.47. The minimum Gasteiger partial charge on any atom is -0.497 e. The predicted octanol–water partition coefficient (Wildman–Crippen LogP) is 3.95. The number of rotatable bonds is 10. The Hall–Kier alpha value is -2.07. The molecule has 2 rings (SSSR count). The molecule has 2 aromatic rings. The molecule has 4 heteroatoms. The number of unbranched alkanes of at least 4 members (excludes halogenated alkanes) is 2. The van der Waals surface area contributed by atoms with Crippen LogP contribution in [0.1, 0.15) is 37.4 Å². The van der Waals surface area contributed by atoms with Crippen molar-refractivity contribution in [1.82, 2.24) is 10.3 Å². The summed E-state index contributed by atoms with van der Waals surface area (Å²) < 4.78 is 11.3. The molecule has 1 aromatic carbocycles. The van der Waals surface area contributed by atoms with E-state index < -0.39 is 0 Å².